The molecular weight excluding hydrogens is 187 g/mol. The lowest BCUT2D eigenvalue weighted by atomic mass is 10.2. The van der Waals surface area contributed by atoms with Gasteiger partial charge < -0.3 is 9.97 Å². The van der Waals surface area contributed by atoms with Crippen LogP contribution >= 0.6 is 0 Å². The van der Waals surface area contributed by atoms with Gasteiger partial charge in [0.1, 0.15) is 5.82 Å². The number of hydrogen-bond donors (Lipinski definition) is 2. The van der Waals surface area contributed by atoms with Gasteiger partial charge in [0.15, 0.2) is 0 Å². The molecule has 1 aromatic heterocycles. The van der Waals surface area contributed by atoms with Crippen molar-refractivity contribution in [3.05, 3.63) is 44.2 Å². The quantitative estimate of drug-likeness (QED) is 0.605. The molecule has 1 heterocycles. The van der Waals surface area contributed by atoms with Crippen LogP contribution in [0.1, 0.15) is 5.56 Å². The number of H-pyrrole nitrogens is 2. The van der Waals surface area contributed by atoms with Crippen molar-refractivity contribution >= 4 is 11.0 Å². The van der Waals surface area contributed by atoms with Gasteiger partial charge in [0, 0.05) is 0 Å². The molecule has 4 nitrogen and oxygen atoms in total. The zero-order chi connectivity index (χ0) is 10.3. The van der Waals surface area contributed by atoms with Crippen LogP contribution < -0.4 is 11.1 Å². The van der Waals surface area contributed by atoms with Gasteiger partial charge >= 0.3 is 11.1 Å². The predicted octanol–water partition coefficient (Wildman–Crippen LogP) is 0.664. The third kappa shape index (κ3) is 1.22. The van der Waals surface area contributed by atoms with Gasteiger partial charge in [0.25, 0.3) is 0 Å². The summed E-state index contributed by atoms with van der Waals surface area (Å²) in [6.07, 6.45) is 0. The van der Waals surface area contributed by atoms with Gasteiger partial charge in [-0.3, -0.25) is 9.59 Å². The topological polar surface area (TPSA) is 65.7 Å². The van der Waals surface area contributed by atoms with E-state index in [0.29, 0.717) is 16.6 Å². The number of hydrogen-bond acceptors (Lipinski definition) is 2. The number of aryl methyl sites for hydroxylation is 1. The SMILES string of the molecule is Cc1cc(F)cc2[nH]c(=O)c(=O)[nH]c12. The van der Waals surface area contributed by atoms with Crippen molar-refractivity contribution in [1.29, 1.82) is 0 Å². The Labute approximate surface area is 77.4 Å². The van der Waals surface area contributed by atoms with Crippen LogP contribution in [0.5, 0.6) is 0 Å². The van der Waals surface area contributed by atoms with Crippen molar-refractivity contribution in [3.63, 3.8) is 0 Å². The van der Waals surface area contributed by atoms with Gasteiger partial charge in [-0.05, 0) is 24.6 Å². The summed E-state index contributed by atoms with van der Waals surface area (Å²) in [5, 5.41) is 0. The highest BCUT2D eigenvalue weighted by atomic mass is 19.1. The number of rotatable bonds is 0. The first-order valence-electron chi connectivity index (χ1n) is 4.00. The van der Waals surface area contributed by atoms with Crippen LogP contribution in [0.3, 0.4) is 0 Å². The number of nitrogens with one attached hydrogen (secondary N) is 2. The van der Waals surface area contributed by atoms with Crippen LogP contribution in [-0.4, -0.2) is 9.97 Å². The third-order valence-corrected chi connectivity index (χ3v) is 1.99. The van der Waals surface area contributed by atoms with Crippen LogP contribution in [0.25, 0.3) is 11.0 Å². The van der Waals surface area contributed by atoms with E-state index in [0.717, 1.165) is 0 Å². The van der Waals surface area contributed by atoms with Crippen LogP contribution in [-0.2, 0) is 0 Å². The number of fused-ring (bicyclic) bond motifs is 1. The van der Waals surface area contributed by atoms with Crippen LogP contribution in [0, 0.1) is 12.7 Å². The molecule has 0 aliphatic heterocycles. The molecule has 0 spiro atoms. The van der Waals surface area contributed by atoms with E-state index >= 15 is 0 Å². The fourth-order valence-corrected chi connectivity index (χ4v) is 1.36. The first kappa shape index (κ1) is 8.68. The average molecular weight is 194 g/mol. The zero-order valence-electron chi connectivity index (χ0n) is 7.35. The Bertz CT molecular complexity index is 612. The lowest BCUT2D eigenvalue weighted by Crippen LogP contribution is -2.29. The molecule has 2 N–H and O–H groups in total. The average Bonchev–Trinajstić information content (AvgIpc) is 2.08. The molecule has 0 unspecified atom stereocenters. The van der Waals surface area contributed by atoms with Gasteiger partial charge in [-0.2, -0.15) is 0 Å². The second-order valence-corrected chi connectivity index (χ2v) is 3.05. The molecule has 0 atom stereocenters. The Kier molecular flexibility index (Phi) is 1.73. The normalized spacial score (nSPS) is 10.7. The summed E-state index contributed by atoms with van der Waals surface area (Å²) in [4.78, 5) is 26.6. The molecule has 0 amide bonds. The highest BCUT2D eigenvalue weighted by molar-refractivity contribution is 5.77. The van der Waals surface area contributed by atoms with Crippen molar-refractivity contribution in [2.45, 2.75) is 6.92 Å². The first-order valence-corrected chi connectivity index (χ1v) is 4.00. The molecular formula is C9H7FN2O2. The summed E-state index contributed by atoms with van der Waals surface area (Å²) >= 11 is 0. The fourth-order valence-electron chi connectivity index (χ4n) is 1.36. The maximum atomic E-state index is 12.9. The maximum Gasteiger partial charge on any atom is 0.314 e. The second-order valence-electron chi connectivity index (χ2n) is 3.05. The van der Waals surface area contributed by atoms with Gasteiger partial charge in [0.2, 0.25) is 0 Å². The lowest BCUT2D eigenvalue weighted by molar-refractivity contribution is 0.628. The number of aromatic nitrogens is 2. The molecule has 0 fully saturated rings. The largest absolute Gasteiger partial charge is 0.316 e. The van der Waals surface area contributed by atoms with E-state index in [9.17, 15) is 14.0 Å². The minimum absolute atomic E-state index is 0.298. The molecule has 14 heavy (non-hydrogen) atoms. The van der Waals surface area contributed by atoms with Gasteiger partial charge in [-0.25, -0.2) is 4.39 Å². The Morgan fingerprint density at radius 2 is 1.79 bits per heavy atom. The summed E-state index contributed by atoms with van der Waals surface area (Å²) in [7, 11) is 0. The summed E-state index contributed by atoms with van der Waals surface area (Å²) in [5.74, 6) is -0.447. The van der Waals surface area contributed by atoms with E-state index < -0.39 is 16.9 Å². The second kappa shape index (κ2) is 2.80. The van der Waals surface area contributed by atoms with Crippen molar-refractivity contribution < 1.29 is 4.39 Å². The summed E-state index contributed by atoms with van der Waals surface area (Å²) < 4.78 is 12.9. The standard InChI is InChI=1S/C9H7FN2O2/c1-4-2-5(10)3-6-7(4)12-9(14)8(13)11-6/h2-3H,1H3,(H,11,13)(H,12,14). The number of halogens is 1. The van der Waals surface area contributed by atoms with E-state index in [1.54, 1.807) is 6.92 Å². The minimum atomic E-state index is -0.775. The molecule has 0 saturated carbocycles. The van der Waals surface area contributed by atoms with Crippen LogP contribution in [0.15, 0.2) is 21.7 Å². The zero-order valence-corrected chi connectivity index (χ0v) is 7.35. The Hall–Kier alpha value is -1.91. The molecule has 0 bridgehead atoms. The highest BCUT2D eigenvalue weighted by Crippen LogP contribution is 2.13. The third-order valence-electron chi connectivity index (χ3n) is 1.99. The van der Waals surface area contributed by atoms with Crippen molar-refractivity contribution in [3.8, 4) is 0 Å². The van der Waals surface area contributed by atoms with Crippen molar-refractivity contribution in [2.24, 2.45) is 0 Å². The number of benzene rings is 1. The van der Waals surface area contributed by atoms with Gasteiger partial charge in [-0.15, -0.1) is 0 Å². The predicted molar refractivity (Wildman–Crippen MR) is 49.9 cm³/mol. The molecule has 72 valence electrons. The van der Waals surface area contributed by atoms with Gasteiger partial charge in [-0.1, -0.05) is 0 Å². The Morgan fingerprint density at radius 1 is 1.14 bits per heavy atom. The van der Waals surface area contributed by atoms with E-state index in [-0.39, 0.29) is 0 Å². The molecule has 1 aromatic carbocycles. The molecule has 5 heteroatoms. The Balaban J connectivity index is 3.03. The lowest BCUT2D eigenvalue weighted by Gasteiger charge is -2.00. The Morgan fingerprint density at radius 3 is 2.50 bits per heavy atom. The monoisotopic (exact) mass is 194 g/mol. The summed E-state index contributed by atoms with van der Waals surface area (Å²) in [6.45, 7) is 1.65. The maximum absolute atomic E-state index is 12.9. The molecule has 0 saturated heterocycles. The molecule has 0 aliphatic rings. The van der Waals surface area contributed by atoms with E-state index in [4.69, 9.17) is 0 Å². The van der Waals surface area contributed by atoms with Gasteiger partial charge in [0.05, 0.1) is 11.0 Å². The van der Waals surface area contributed by atoms with Crippen LogP contribution in [0.4, 0.5) is 4.39 Å². The fraction of sp³-hybridized carbons (Fsp3) is 0.111. The summed E-state index contributed by atoms with van der Waals surface area (Å²) in [5.41, 5.74) is -0.175. The van der Waals surface area contributed by atoms with E-state index in [1.807, 2.05) is 0 Å². The molecule has 2 aromatic rings. The van der Waals surface area contributed by atoms with Crippen molar-refractivity contribution in [1.82, 2.24) is 9.97 Å². The molecule has 0 radical (unpaired) electrons. The van der Waals surface area contributed by atoms with E-state index in [2.05, 4.69) is 9.97 Å². The minimum Gasteiger partial charge on any atom is -0.316 e. The number of aromatic amines is 2. The first-order chi connectivity index (χ1) is 6.58. The summed E-state index contributed by atoms with van der Waals surface area (Å²) in [6, 6.07) is 2.45. The molecule has 0 aliphatic carbocycles. The van der Waals surface area contributed by atoms with Crippen molar-refractivity contribution in [2.75, 3.05) is 0 Å². The smallest absolute Gasteiger partial charge is 0.314 e. The highest BCUT2D eigenvalue weighted by Gasteiger charge is 2.03. The van der Waals surface area contributed by atoms with Crippen LogP contribution in [0.2, 0.25) is 0 Å². The van der Waals surface area contributed by atoms with E-state index in [1.165, 1.54) is 12.1 Å². The molecule has 2 rings (SSSR count).